The fourth-order valence-electron chi connectivity index (χ4n) is 7.53. The van der Waals surface area contributed by atoms with Gasteiger partial charge in [0.05, 0.1) is 11.1 Å². The molecule has 0 aromatic heterocycles. The molecule has 1 heterocycles. The summed E-state index contributed by atoms with van der Waals surface area (Å²) in [4.78, 5) is 5.70. The Morgan fingerprint density at radius 1 is 0.550 bits per heavy atom. The summed E-state index contributed by atoms with van der Waals surface area (Å²) < 4.78 is 0. The molecule has 1 nitrogen and oxygen atoms in total. The van der Waals surface area contributed by atoms with Crippen molar-refractivity contribution in [3.05, 3.63) is 161 Å². The standard InChI is InChI=1S/C37H30NPS/c1-36-28-20-10-12-22-30(28)37(2,31-23-13-11-21-29(31)36)34-33(36)38-35(40-34)27-19-9-14-24-32(27)39(25-15-5-3-6-16-25)26-17-7-4-8-18-26/h3-24,33-34H,1-2H3. The molecular formula is C37H30NPS. The number of aliphatic imine (C=N–C) groups is 1. The second-order valence-electron chi connectivity index (χ2n) is 11.4. The van der Waals surface area contributed by atoms with Crippen LogP contribution >= 0.6 is 19.7 Å². The fraction of sp³-hybridized carbons (Fsp3) is 0.162. The van der Waals surface area contributed by atoms with Crippen LogP contribution in [0.15, 0.2) is 138 Å². The lowest BCUT2D eigenvalue weighted by atomic mass is 9.48. The molecule has 1 aliphatic heterocycles. The van der Waals surface area contributed by atoms with Crippen molar-refractivity contribution >= 4 is 40.6 Å². The van der Waals surface area contributed by atoms with E-state index in [0.29, 0.717) is 5.25 Å². The largest absolute Gasteiger partial charge is 0.272 e. The number of hydrogen-bond donors (Lipinski definition) is 0. The molecular weight excluding hydrogens is 521 g/mol. The van der Waals surface area contributed by atoms with Gasteiger partial charge in [-0.05, 0) is 53.0 Å². The first-order chi connectivity index (χ1) is 19.6. The first kappa shape index (κ1) is 24.4. The highest BCUT2D eigenvalue weighted by molar-refractivity contribution is 8.15. The molecule has 2 unspecified atom stereocenters. The van der Waals surface area contributed by atoms with E-state index in [9.17, 15) is 0 Å². The minimum absolute atomic E-state index is 0.0932. The second-order valence-corrected chi connectivity index (χ2v) is 14.8. The Morgan fingerprint density at radius 2 is 1.00 bits per heavy atom. The van der Waals surface area contributed by atoms with Crippen LogP contribution in [0.3, 0.4) is 0 Å². The Hall–Kier alpha value is -3.45. The lowest BCUT2D eigenvalue weighted by molar-refractivity contribution is 0.298. The highest BCUT2D eigenvalue weighted by atomic mass is 32.2. The number of rotatable bonds is 4. The van der Waals surface area contributed by atoms with Gasteiger partial charge in [-0.2, -0.15) is 0 Å². The highest BCUT2D eigenvalue weighted by Gasteiger charge is 2.64. The Labute approximate surface area is 242 Å². The second kappa shape index (κ2) is 9.03. The molecule has 5 aromatic rings. The molecule has 194 valence electrons. The van der Waals surface area contributed by atoms with Gasteiger partial charge in [0.2, 0.25) is 0 Å². The van der Waals surface area contributed by atoms with Crippen molar-refractivity contribution in [1.82, 2.24) is 0 Å². The molecule has 2 bridgehead atoms. The minimum Gasteiger partial charge on any atom is -0.272 e. The van der Waals surface area contributed by atoms with Crippen LogP contribution in [0.4, 0.5) is 0 Å². The van der Waals surface area contributed by atoms with Crippen molar-refractivity contribution in [2.45, 2.75) is 36.0 Å². The van der Waals surface area contributed by atoms with E-state index in [-0.39, 0.29) is 16.9 Å². The van der Waals surface area contributed by atoms with Gasteiger partial charge in [0.1, 0.15) is 0 Å². The summed E-state index contributed by atoms with van der Waals surface area (Å²) in [6, 6.07) is 49.6. The molecule has 0 radical (unpaired) electrons. The fourth-order valence-corrected chi connectivity index (χ4v) is 11.7. The van der Waals surface area contributed by atoms with Crippen molar-refractivity contribution in [2.24, 2.45) is 4.99 Å². The van der Waals surface area contributed by atoms with Gasteiger partial charge >= 0.3 is 0 Å². The number of nitrogens with zero attached hydrogens (tertiary/aromatic N) is 1. The number of benzene rings is 5. The molecule has 4 aliphatic rings. The molecule has 0 N–H and O–H groups in total. The van der Waals surface area contributed by atoms with Crippen LogP contribution in [0, 0.1) is 0 Å². The SMILES string of the molecule is CC12c3ccccc3C(C)(c3ccccc31)C1SC(c3ccccc3P(c3ccccc3)c3ccccc3)=NC12. The molecule has 0 amide bonds. The molecule has 3 heteroatoms. The number of hydrogen-bond acceptors (Lipinski definition) is 2. The van der Waals surface area contributed by atoms with Gasteiger partial charge in [0.25, 0.3) is 0 Å². The maximum Gasteiger partial charge on any atom is 0.0991 e. The zero-order chi connectivity index (χ0) is 26.9. The Balaban J connectivity index is 1.31. The van der Waals surface area contributed by atoms with Gasteiger partial charge in [0, 0.05) is 21.6 Å². The Kier molecular flexibility index (Phi) is 5.50. The first-order valence-corrected chi connectivity index (χ1v) is 16.3. The average Bonchev–Trinajstić information content (AvgIpc) is 3.49. The van der Waals surface area contributed by atoms with Crippen LogP contribution in [0.1, 0.15) is 41.7 Å². The van der Waals surface area contributed by atoms with Gasteiger partial charge in [-0.25, -0.2) is 0 Å². The van der Waals surface area contributed by atoms with Gasteiger partial charge < -0.3 is 0 Å². The van der Waals surface area contributed by atoms with Crippen LogP contribution in [-0.4, -0.2) is 16.3 Å². The van der Waals surface area contributed by atoms with E-state index >= 15 is 0 Å². The maximum atomic E-state index is 5.70. The molecule has 5 aromatic carbocycles. The van der Waals surface area contributed by atoms with E-state index in [1.54, 1.807) is 0 Å². The first-order valence-electron chi connectivity index (χ1n) is 14.1. The summed E-state index contributed by atoms with van der Waals surface area (Å²) in [6.07, 6.45) is 0. The van der Waals surface area contributed by atoms with E-state index in [2.05, 4.69) is 147 Å². The monoisotopic (exact) mass is 551 g/mol. The molecule has 2 atom stereocenters. The molecule has 3 aliphatic carbocycles. The minimum atomic E-state index is -0.724. The molecule has 0 saturated heterocycles. The van der Waals surface area contributed by atoms with E-state index in [1.807, 2.05) is 11.8 Å². The van der Waals surface area contributed by atoms with E-state index in [4.69, 9.17) is 4.99 Å². The normalized spacial score (nSPS) is 25.7. The smallest absolute Gasteiger partial charge is 0.0991 e. The summed E-state index contributed by atoms with van der Waals surface area (Å²) in [5.41, 5.74) is 6.91. The molecule has 9 rings (SSSR count). The van der Waals surface area contributed by atoms with Crippen LogP contribution in [0.2, 0.25) is 0 Å². The van der Waals surface area contributed by atoms with Crippen LogP contribution in [0.25, 0.3) is 0 Å². The predicted octanol–water partition coefficient (Wildman–Crippen LogP) is 7.31. The maximum absolute atomic E-state index is 5.70. The van der Waals surface area contributed by atoms with Gasteiger partial charge in [-0.1, -0.05) is 152 Å². The predicted molar refractivity (Wildman–Crippen MR) is 173 cm³/mol. The third-order valence-electron chi connectivity index (χ3n) is 9.44. The molecule has 0 fully saturated rings. The van der Waals surface area contributed by atoms with Crippen LogP contribution in [0.5, 0.6) is 0 Å². The summed E-state index contributed by atoms with van der Waals surface area (Å²) in [6.45, 7) is 4.92. The Bertz CT molecular complexity index is 1690. The summed E-state index contributed by atoms with van der Waals surface area (Å²) in [5.74, 6) is 0. The van der Waals surface area contributed by atoms with Crippen molar-refractivity contribution in [3.63, 3.8) is 0 Å². The van der Waals surface area contributed by atoms with Crippen molar-refractivity contribution < 1.29 is 0 Å². The van der Waals surface area contributed by atoms with Gasteiger partial charge in [-0.15, -0.1) is 0 Å². The summed E-state index contributed by atoms with van der Waals surface area (Å²) in [5, 5.41) is 5.68. The van der Waals surface area contributed by atoms with E-state index in [1.165, 1.54) is 48.8 Å². The van der Waals surface area contributed by atoms with Gasteiger partial charge in [-0.3, -0.25) is 4.99 Å². The number of thioether (sulfide) groups is 1. The van der Waals surface area contributed by atoms with Crippen LogP contribution < -0.4 is 15.9 Å². The van der Waals surface area contributed by atoms with Crippen molar-refractivity contribution in [2.75, 3.05) is 0 Å². The summed E-state index contributed by atoms with van der Waals surface area (Å²) in [7, 11) is -0.724. The Morgan fingerprint density at radius 3 is 1.55 bits per heavy atom. The molecule has 40 heavy (non-hydrogen) atoms. The van der Waals surface area contributed by atoms with E-state index in [0.717, 1.165) is 0 Å². The quantitative estimate of drug-likeness (QED) is 0.213. The zero-order valence-corrected chi connectivity index (χ0v) is 24.4. The highest BCUT2D eigenvalue weighted by Crippen LogP contribution is 2.64. The van der Waals surface area contributed by atoms with Crippen molar-refractivity contribution in [3.8, 4) is 0 Å². The molecule has 0 spiro atoms. The van der Waals surface area contributed by atoms with Crippen molar-refractivity contribution in [1.29, 1.82) is 0 Å². The third kappa shape index (κ3) is 3.24. The summed E-state index contributed by atoms with van der Waals surface area (Å²) >= 11 is 2.02. The third-order valence-corrected chi connectivity index (χ3v) is 13.5. The topological polar surface area (TPSA) is 12.4 Å². The van der Waals surface area contributed by atoms with E-state index < -0.39 is 7.92 Å². The van der Waals surface area contributed by atoms with Crippen LogP contribution in [-0.2, 0) is 10.8 Å². The zero-order valence-electron chi connectivity index (χ0n) is 22.7. The van der Waals surface area contributed by atoms with Gasteiger partial charge in [0.15, 0.2) is 0 Å². The average molecular weight is 552 g/mol. The lowest BCUT2D eigenvalue weighted by Gasteiger charge is -2.58. The lowest BCUT2D eigenvalue weighted by Crippen LogP contribution is -2.61. The molecule has 0 saturated carbocycles.